The number of hydrogen-bond donors (Lipinski definition) is 6. The van der Waals surface area contributed by atoms with E-state index in [0.29, 0.717) is 5.69 Å². The topological polar surface area (TPSA) is 226 Å². The number of nitrogens with one attached hydrogen (secondary N) is 4. The van der Waals surface area contributed by atoms with Gasteiger partial charge in [-0.15, -0.1) is 0 Å². The number of nitrogens with zero attached hydrogens (tertiary/aromatic N) is 2. The van der Waals surface area contributed by atoms with E-state index < -0.39 is 60.1 Å². The van der Waals surface area contributed by atoms with E-state index in [9.17, 15) is 28.8 Å². The number of hydrogen-bond acceptors (Lipinski definition) is 8. The molecule has 0 bridgehead atoms. The summed E-state index contributed by atoms with van der Waals surface area (Å²) < 4.78 is 0. The molecule has 8 N–H and O–H groups in total. The fourth-order valence-electron chi connectivity index (χ4n) is 6.59. The van der Waals surface area contributed by atoms with Crippen LogP contribution in [0.1, 0.15) is 49.1 Å². The summed E-state index contributed by atoms with van der Waals surface area (Å²) >= 11 is 0. The summed E-state index contributed by atoms with van der Waals surface area (Å²) in [6.45, 7) is 2.69. The van der Waals surface area contributed by atoms with Gasteiger partial charge in [0.25, 0.3) is 0 Å². The van der Waals surface area contributed by atoms with Gasteiger partial charge in [-0.3, -0.25) is 24.0 Å². The normalized spacial score (nSPS) is 13.8. The van der Waals surface area contributed by atoms with E-state index in [2.05, 4.69) is 25.6 Å². The molecule has 0 radical (unpaired) electrons. The molecule has 14 nitrogen and oxygen atoms in total. The average molecular weight is 775 g/mol. The number of imidazole rings is 1. The van der Waals surface area contributed by atoms with Crippen molar-refractivity contribution in [1.82, 2.24) is 30.5 Å². The summed E-state index contributed by atoms with van der Waals surface area (Å²) in [6, 6.07) is 22.2. The Labute approximate surface area is 331 Å². The summed E-state index contributed by atoms with van der Waals surface area (Å²) in [5.74, 6) is -3.94. The van der Waals surface area contributed by atoms with Crippen molar-refractivity contribution in [3.63, 3.8) is 0 Å². The number of nitrogens with two attached hydrogens (primary N) is 2. The number of fused-ring (bicyclic) bond motifs is 1. The van der Waals surface area contributed by atoms with Gasteiger partial charge in [-0.1, -0.05) is 85.8 Å². The number of urea groups is 1. The Morgan fingerprint density at radius 1 is 0.754 bits per heavy atom. The zero-order valence-corrected chi connectivity index (χ0v) is 32.2. The van der Waals surface area contributed by atoms with Crippen molar-refractivity contribution in [2.75, 3.05) is 6.54 Å². The molecule has 2 aromatic heterocycles. The van der Waals surface area contributed by atoms with Crippen LogP contribution in [-0.4, -0.2) is 79.7 Å². The second-order valence-corrected chi connectivity index (χ2v) is 14.5. The minimum Gasteiger partial charge on any atom is -0.369 e. The largest absolute Gasteiger partial charge is 0.369 e. The van der Waals surface area contributed by atoms with Crippen molar-refractivity contribution in [3.8, 4) is 0 Å². The fraction of sp³-hybridized carbons (Fsp3) is 0.326. The Kier molecular flexibility index (Phi) is 14.6. The van der Waals surface area contributed by atoms with Crippen LogP contribution in [0, 0.1) is 11.8 Å². The number of H-pyrrole nitrogens is 2. The van der Waals surface area contributed by atoms with Crippen LogP contribution < -0.4 is 22.1 Å². The number of Topliss-reactive ketones (excluding diaryl/α,β-unsaturated/α-hetero) is 3. The number of aromatic amines is 2. The highest BCUT2D eigenvalue weighted by molar-refractivity contribution is 5.96. The van der Waals surface area contributed by atoms with Gasteiger partial charge in [-0.25, -0.2) is 9.78 Å². The van der Waals surface area contributed by atoms with Crippen molar-refractivity contribution in [3.05, 3.63) is 126 Å². The van der Waals surface area contributed by atoms with Crippen LogP contribution in [0.15, 0.2) is 104 Å². The Morgan fingerprint density at radius 2 is 1.42 bits per heavy atom. The lowest BCUT2D eigenvalue weighted by atomic mass is 9.90. The number of carbonyl (C=O) groups excluding carboxylic acids is 6. The summed E-state index contributed by atoms with van der Waals surface area (Å²) in [5, 5.41) is 6.51. The van der Waals surface area contributed by atoms with Crippen LogP contribution in [0.4, 0.5) is 4.79 Å². The van der Waals surface area contributed by atoms with Crippen molar-refractivity contribution in [2.24, 2.45) is 23.3 Å². The zero-order valence-electron chi connectivity index (χ0n) is 32.2. The van der Waals surface area contributed by atoms with E-state index in [-0.39, 0.29) is 50.2 Å². The van der Waals surface area contributed by atoms with E-state index in [1.807, 2.05) is 60.7 Å². The van der Waals surface area contributed by atoms with Gasteiger partial charge in [-0.05, 0) is 42.5 Å². The fourth-order valence-corrected chi connectivity index (χ4v) is 6.59. The van der Waals surface area contributed by atoms with Crippen LogP contribution in [0.2, 0.25) is 0 Å². The number of rotatable bonds is 21. The average Bonchev–Trinajstić information content (AvgIpc) is 3.87. The summed E-state index contributed by atoms with van der Waals surface area (Å²) in [5.41, 5.74) is 15.6. The lowest BCUT2D eigenvalue weighted by Gasteiger charge is -2.28. The zero-order chi connectivity index (χ0) is 40.9. The molecule has 0 saturated heterocycles. The van der Waals surface area contributed by atoms with E-state index >= 15 is 0 Å². The Hall–Kier alpha value is -6.41. The van der Waals surface area contributed by atoms with Gasteiger partial charge < -0.3 is 37.0 Å². The molecule has 5 atom stereocenters. The standard InChI is InChI=1S/C43H50N8O6/c1-27(41(45)55)17-39(53)37(18-29-11-5-3-6-12-29)50-43(57)51(24-30-13-7-4-8-14-30)25-40(54)28(2)49-42(56)31(19-32-22-47-36-16-10-9-15-34(32)36)20-38(52)35(44)21-33-23-46-26-48-33/h3-16,22-23,26-28,31,35,37,47H,17-21,24-25,44H2,1-2H3,(H2,45,55)(H,46,48)(H,49,56)(H,50,57)/t27-,28+,31+,35+,37-/m1/s1. The molecular weight excluding hydrogens is 725 g/mol. The van der Waals surface area contributed by atoms with Crippen LogP contribution >= 0.6 is 0 Å². The van der Waals surface area contributed by atoms with Gasteiger partial charge in [0.15, 0.2) is 17.3 Å². The Morgan fingerprint density at radius 3 is 2.09 bits per heavy atom. The molecule has 0 spiro atoms. The minimum atomic E-state index is -1.05. The number of carbonyl (C=O) groups is 6. The summed E-state index contributed by atoms with van der Waals surface area (Å²) in [4.78, 5) is 92.0. The smallest absolute Gasteiger partial charge is 0.318 e. The van der Waals surface area contributed by atoms with Gasteiger partial charge in [0, 0.05) is 66.6 Å². The molecule has 5 rings (SSSR count). The number of benzene rings is 3. The minimum absolute atomic E-state index is 0.0227. The van der Waals surface area contributed by atoms with E-state index in [1.165, 1.54) is 18.2 Å². The van der Waals surface area contributed by atoms with E-state index in [4.69, 9.17) is 11.5 Å². The second kappa shape index (κ2) is 20.0. The monoisotopic (exact) mass is 774 g/mol. The van der Waals surface area contributed by atoms with Crippen molar-refractivity contribution in [2.45, 2.75) is 70.6 Å². The Balaban J connectivity index is 1.32. The maximum Gasteiger partial charge on any atom is 0.318 e. The quantitative estimate of drug-likeness (QED) is 0.0645. The molecule has 2 heterocycles. The van der Waals surface area contributed by atoms with E-state index in [1.54, 1.807) is 43.6 Å². The van der Waals surface area contributed by atoms with Crippen LogP contribution in [0.3, 0.4) is 0 Å². The summed E-state index contributed by atoms with van der Waals surface area (Å²) in [7, 11) is 0. The molecular formula is C43H50N8O6. The van der Waals surface area contributed by atoms with Crippen LogP contribution in [0.25, 0.3) is 10.9 Å². The van der Waals surface area contributed by atoms with E-state index in [0.717, 1.165) is 27.6 Å². The Bertz CT molecular complexity index is 2140. The molecule has 0 fully saturated rings. The first kappa shape index (κ1) is 41.7. The number of ketones is 3. The maximum atomic E-state index is 14.0. The lowest BCUT2D eigenvalue weighted by molar-refractivity contribution is -0.132. The molecule has 0 aliphatic carbocycles. The SMILES string of the molecule is C[C@H](CC(=O)[C@@H](Cc1ccccc1)NC(=O)N(CC(=O)[C@H](C)NC(=O)[C@H](CC(=O)[C@@H](N)Cc1cnc[nH]1)Cc1c[nH]c2ccccc12)Cc1ccccc1)C(N)=O. The number of para-hydroxylation sites is 1. The first-order valence-corrected chi connectivity index (χ1v) is 19.0. The second-order valence-electron chi connectivity index (χ2n) is 14.5. The first-order valence-electron chi connectivity index (χ1n) is 19.0. The van der Waals surface area contributed by atoms with Gasteiger partial charge >= 0.3 is 6.03 Å². The molecule has 0 aliphatic heterocycles. The molecule has 298 valence electrons. The maximum absolute atomic E-state index is 14.0. The third-order valence-electron chi connectivity index (χ3n) is 10.0. The molecule has 5 aromatic rings. The van der Waals surface area contributed by atoms with Crippen molar-refractivity contribution < 1.29 is 28.8 Å². The number of aromatic nitrogens is 3. The predicted octanol–water partition coefficient (Wildman–Crippen LogP) is 3.56. The molecule has 3 aromatic carbocycles. The third kappa shape index (κ3) is 12.0. The third-order valence-corrected chi connectivity index (χ3v) is 10.0. The molecule has 0 unspecified atom stereocenters. The number of amides is 4. The van der Waals surface area contributed by atoms with Gasteiger partial charge in [0.2, 0.25) is 11.8 Å². The summed E-state index contributed by atoms with van der Waals surface area (Å²) in [6.07, 6.45) is 5.11. The predicted molar refractivity (Wildman–Crippen MR) is 215 cm³/mol. The first-order chi connectivity index (χ1) is 27.4. The molecule has 4 amide bonds. The highest BCUT2D eigenvalue weighted by atomic mass is 16.2. The van der Waals surface area contributed by atoms with Crippen LogP contribution in [0.5, 0.6) is 0 Å². The number of primary amides is 1. The van der Waals surface area contributed by atoms with Gasteiger partial charge in [-0.2, -0.15) is 0 Å². The molecule has 0 aliphatic rings. The lowest BCUT2D eigenvalue weighted by Crippen LogP contribution is -2.52. The molecule has 14 heteroatoms. The highest BCUT2D eigenvalue weighted by Gasteiger charge is 2.31. The van der Waals surface area contributed by atoms with Crippen molar-refractivity contribution >= 4 is 46.1 Å². The van der Waals surface area contributed by atoms with Gasteiger partial charge in [0.1, 0.15) is 0 Å². The van der Waals surface area contributed by atoms with Gasteiger partial charge in [0.05, 0.1) is 31.0 Å². The molecule has 0 saturated carbocycles. The highest BCUT2D eigenvalue weighted by Crippen LogP contribution is 2.23. The van der Waals surface area contributed by atoms with Crippen molar-refractivity contribution in [1.29, 1.82) is 0 Å². The van der Waals surface area contributed by atoms with Crippen LogP contribution in [-0.2, 0) is 49.8 Å². The molecule has 57 heavy (non-hydrogen) atoms.